The molecule has 6 heteroatoms. The van der Waals surface area contributed by atoms with Gasteiger partial charge in [-0.2, -0.15) is 5.10 Å². The first-order chi connectivity index (χ1) is 10.6. The van der Waals surface area contributed by atoms with Gasteiger partial charge >= 0.3 is 0 Å². The van der Waals surface area contributed by atoms with Gasteiger partial charge in [-0.05, 0) is 23.8 Å². The zero-order valence-electron chi connectivity index (χ0n) is 11.8. The minimum Gasteiger partial charge on any atom is -0.497 e. The van der Waals surface area contributed by atoms with E-state index in [0.29, 0.717) is 15.6 Å². The summed E-state index contributed by atoms with van der Waals surface area (Å²) in [7, 11) is 1.59. The summed E-state index contributed by atoms with van der Waals surface area (Å²) in [6, 6.07) is 12.5. The molecule has 114 valence electrons. The topological polar surface area (TPSA) is 50.7 Å². The fraction of sp³-hybridized carbons (Fsp3) is 0.125. The molecule has 1 N–H and O–H groups in total. The lowest BCUT2D eigenvalue weighted by atomic mass is 10.1. The van der Waals surface area contributed by atoms with E-state index in [9.17, 15) is 4.79 Å². The number of amides is 1. The lowest BCUT2D eigenvalue weighted by molar-refractivity contribution is -0.120. The number of hydrogen-bond donors (Lipinski definition) is 1. The highest BCUT2D eigenvalue weighted by Gasteiger charge is 2.04. The summed E-state index contributed by atoms with van der Waals surface area (Å²) in [5.74, 6) is 0.525. The fourth-order valence-corrected chi connectivity index (χ4v) is 2.12. The van der Waals surface area contributed by atoms with E-state index in [1.165, 1.54) is 6.21 Å². The molecule has 0 radical (unpaired) electrons. The van der Waals surface area contributed by atoms with E-state index in [1.807, 2.05) is 12.1 Å². The molecule has 2 aromatic carbocycles. The molecule has 0 aliphatic heterocycles. The van der Waals surface area contributed by atoms with E-state index in [2.05, 4.69) is 10.5 Å². The maximum Gasteiger partial charge on any atom is 0.244 e. The van der Waals surface area contributed by atoms with Crippen molar-refractivity contribution in [2.45, 2.75) is 6.42 Å². The maximum absolute atomic E-state index is 11.8. The van der Waals surface area contributed by atoms with Crippen LogP contribution in [0.1, 0.15) is 11.1 Å². The molecular formula is C16H14Cl2N2O2. The highest BCUT2D eigenvalue weighted by Crippen LogP contribution is 2.24. The van der Waals surface area contributed by atoms with Gasteiger partial charge in [0, 0.05) is 5.56 Å². The molecule has 0 atom stereocenters. The van der Waals surface area contributed by atoms with Crippen LogP contribution in [-0.4, -0.2) is 19.2 Å². The zero-order chi connectivity index (χ0) is 15.9. The molecule has 0 unspecified atom stereocenters. The van der Waals surface area contributed by atoms with Gasteiger partial charge in [0.25, 0.3) is 0 Å². The molecule has 4 nitrogen and oxygen atoms in total. The number of nitrogens with zero attached hydrogens (tertiary/aromatic N) is 1. The van der Waals surface area contributed by atoms with Crippen LogP contribution >= 0.6 is 23.2 Å². The smallest absolute Gasteiger partial charge is 0.244 e. The zero-order valence-corrected chi connectivity index (χ0v) is 13.4. The molecular weight excluding hydrogens is 323 g/mol. The molecule has 0 aliphatic rings. The summed E-state index contributed by atoms with van der Waals surface area (Å²) in [4.78, 5) is 11.8. The normalized spacial score (nSPS) is 10.7. The number of ether oxygens (including phenoxy) is 1. The van der Waals surface area contributed by atoms with E-state index in [0.717, 1.165) is 11.3 Å². The molecule has 2 aromatic rings. The van der Waals surface area contributed by atoms with Gasteiger partial charge in [0.2, 0.25) is 5.91 Å². The number of hydrazone groups is 1. The summed E-state index contributed by atoms with van der Waals surface area (Å²) < 4.78 is 5.06. The van der Waals surface area contributed by atoms with E-state index in [4.69, 9.17) is 27.9 Å². The van der Waals surface area contributed by atoms with Crippen LogP contribution in [0.15, 0.2) is 47.6 Å². The largest absolute Gasteiger partial charge is 0.497 e. The van der Waals surface area contributed by atoms with Crippen LogP contribution in [0, 0.1) is 0 Å². The van der Waals surface area contributed by atoms with Gasteiger partial charge < -0.3 is 4.74 Å². The van der Waals surface area contributed by atoms with E-state index in [1.54, 1.807) is 37.4 Å². The Balaban J connectivity index is 1.91. The van der Waals surface area contributed by atoms with Crippen molar-refractivity contribution in [1.29, 1.82) is 0 Å². The van der Waals surface area contributed by atoms with Gasteiger partial charge in [-0.1, -0.05) is 47.5 Å². The van der Waals surface area contributed by atoms with Crippen molar-refractivity contribution in [1.82, 2.24) is 5.43 Å². The lowest BCUT2D eigenvalue weighted by Gasteiger charge is -2.03. The molecule has 0 heterocycles. The first-order valence-electron chi connectivity index (χ1n) is 6.49. The predicted molar refractivity (Wildman–Crippen MR) is 88.9 cm³/mol. The van der Waals surface area contributed by atoms with Crippen LogP contribution < -0.4 is 10.2 Å². The second kappa shape index (κ2) is 7.82. The molecule has 0 aliphatic carbocycles. The standard InChI is InChI=1S/C16H14Cl2N2O2/c1-22-13-7-5-11(6-8-13)9-15(21)20-19-10-12-3-2-4-14(17)16(12)18/h2-8,10H,9H2,1H3,(H,20,21). The van der Waals surface area contributed by atoms with Crippen molar-refractivity contribution in [2.24, 2.45) is 5.10 Å². The second-order valence-corrected chi connectivity index (χ2v) is 5.25. The van der Waals surface area contributed by atoms with Crippen LogP contribution in [0.25, 0.3) is 0 Å². The number of carbonyl (C=O) groups is 1. The van der Waals surface area contributed by atoms with Gasteiger partial charge in [0.05, 0.1) is 29.8 Å². The summed E-state index contributed by atoms with van der Waals surface area (Å²) in [6.07, 6.45) is 1.69. The van der Waals surface area contributed by atoms with Crippen molar-refractivity contribution in [2.75, 3.05) is 7.11 Å². The Morgan fingerprint density at radius 1 is 1.23 bits per heavy atom. The van der Waals surface area contributed by atoms with Gasteiger partial charge in [0.1, 0.15) is 5.75 Å². The third-order valence-electron chi connectivity index (χ3n) is 2.90. The molecule has 0 fully saturated rings. The van der Waals surface area contributed by atoms with Crippen LogP contribution in [0.4, 0.5) is 0 Å². The van der Waals surface area contributed by atoms with Crippen molar-refractivity contribution in [3.63, 3.8) is 0 Å². The lowest BCUT2D eigenvalue weighted by Crippen LogP contribution is -2.19. The predicted octanol–water partition coefficient (Wildman–Crippen LogP) is 3.69. The Hall–Kier alpha value is -2.04. The van der Waals surface area contributed by atoms with Gasteiger partial charge in [-0.25, -0.2) is 5.43 Å². The quantitative estimate of drug-likeness (QED) is 0.668. The first kappa shape index (κ1) is 16.3. The first-order valence-corrected chi connectivity index (χ1v) is 7.24. The highest BCUT2D eigenvalue weighted by atomic mass is 35.5. The highest BCUT2D eigenvalue weighted by molar-refractivity contribution is 6.43. The third kappa shape index (κ3) is 4.48. The number of benzene rings is 2. The molecule has 0 saturated carbocycles. The Bertz CT molecular complexity index is 685. The third-order valence-corrected chi connectivity index (χ3v) is 3.73. The average molecular weight is 337 g/mol. The molecule has 1 amide bonds. The minimum atomic E-state index is -0.223. The van der Waals surface area contributed by atoms with Crippen LogP contribution in [0.3, 0.4) is 0 Å². The van der Waals surface area contributed by atoms with Crippen molar-refractivity contribution < 1.29 is 9.53 Å². The maximum atomic E-state index is 11.8. The molecule has 0 bridgehead atoms. The Labute approximate surface area is 138 Å². The molecule has 0 saturated heterocycles. The Morgan fingerprint density at radius 2 is 1.95 bits per heavy atom. The van der Waals surface area contributed by atoms with Crippen LogP contribution in [0.2, 0.25) is 10.0 Å². The fourth-order valence-electron chi connectivity index (χ4n) is 1.76. The summed E-state index contributed by atoms with van der Waals surface area (Å²) >= 11 is 11.9. The minimum absolute atomic E-state index is 0.223. The van der Waals surface area contributed by atoms with Gasteiger partial charge in [-0.3, -0.25) is 4.79 Å². The molecule has 2 rings (SSSR count). The van der Waals surface area contributed by atoms with E-state index < -0.39 is 0 Å². The molecule has 0 aromatic heterocycles. The SMILES string of the molecule is COc1ccc(CC(=O)NN=Cc2cccc(Cl)c2Cl)cc1. The average Bonchev–Trinajstić information content (AvgIpc) is 2.52. The van der Waals surface area contributed by atoms with Crippen LogP contribution in [-0.2, 0) is 11.2 Å². The number of hydrogen-bond acceptors (Lipinski definition) is 3. The van der Waals surface area contributed by atoms with Gasteiger partial charge in [0.15, 0.2) is 0 Å². The Morgan fingerprint density at radius 3 is 2.64 bits per heavy atom. The number of nitrogens with one attached hydrogen (secondary N) is 1. The van der Waals surface area contributed by atoms with E-state index >= 15 is 0 Å². The number of halogens is 2. The number of carbonyl (C=O) groups excluding carboxylic acids is 1. The monoisotopic (exact) mass is 336 g/mol. The number of rotatable bonds is 5. The second-order valence-electron chi connectivity index (χ2n) is 4.46. The molecule has 22 heavy (non-hydrogen) atoms. The van der Waals surface area contributed by atoms with Gasteiger partial charge in [-0.15, -0.1) is 0 Å². The van der Waals surface area contributed by atoms with Crippen molar-refractivity contribution in [3.05, 3.63) is 63.6 Å². The summed E-state index contributed by atoms with van der Waals surface area (Å²) in [5, 5.41) is 4.72. The summed E-state index contributed by atoms with van der Waals surface area (Å²) in [6.45, 7) is 0. The molecule has 0 spiro atoms. The van der Waals surface area contributed by atoms with E-state index in [-0.39, 0.29) is 12.3 Å². The Kier molecular flexibility index (Phi) is 5.81. The van der Waals surface area contributed by atoms with Crippen LogP contribution in [0.5, 0.6) is 5.75 Å². The van der Waals surface area contributed by atoms with Crippen molar-refractivity contribution >= 4 is 35.3 Å². The number of methoxy groups -OCH3 is 1. The van der Waals surface area contributed by atoms with Crippen molar-refractivity contribution in [3.8, 4) is 5.75 Å². The summed E-state index contributed by atoms with van der Waals surface area (Å²) in [5.41, 5.74) is 3.96.